The Morgan fingerprint density at radius 1 is 1.25 bits per heavy atom. The average Bonchev–Trinajstić information content (AvgIpc) is 2.22. The van der Waals surface area contributed by atoms with Gasteiger partial charge in [-0.3, -0.25) is 0 Å². The zero-order chi connectivity index (χ0) is 12.3. The van der Waals surface area contributed by atoms with Crippen LogP contribution in [-0.2, 0) is 14.3 Å². The third-order valence-electron chi connectivity index (χ3n) is 2.24. The lowest BCUT2D eigenvalue weighted by Crippen LogP contribution is -2.59. The molecule has 0 aromatic rings. The Balaban J connectivity index is 2.60. The molecule has 1 aliphatic heterocycles. The van der Waals surface area contributed by atoms with Gasteiger partial charge in [-0.15, -0.1) is 0 Å². The first kappa shape index (κ1) is 13.3. The van der Waals surface area contributed by atoms with Gasteiger partial charge in [0.1, 0.15) is 31.0 Å². The largest absolute Gasteiger partial charge is 0.480 e. The first-order valence-electron chi connectivity index (χ1n) is 4.61. The van der Waals surface area contributed by atoms with Gasteiger partial charge in [0.15, 0.2) is 6.29 Å². The van der Waals surface area contributed by atoms with Gasteiger partial charge < -0.3 is 35.0 Å². The fraction of sp³-hybridized carbons (Fsp3) is 0.875. The summed E-state index contributed by atoms with van der Waals surface area (Å²) in [6, 6.07) is 0. The summed E-state index contributed by atoms with van der Waals surface area (Å²) in [4.78, 5) is 10.2. The van der Waals surface area contributed by atoms with Gasteiger partial charge >= 0.3 is 5.97 Å². The van der Waals surface area contributed by atoms with Crippen molar-refractivity contribution < 1.29 is 39.8 Å². The Bertz CT molecular complexity index is 244. The summed E-state index contributed by atoms with van der Waals surface area (Å²) in [6.45, 7) is -1.32. The fourth-order valence-electron chi connectivity index (χ4n) is 1.42. The van der Waals surface area contributed by atoms with E-state index in [1.54, 1.807) is 0 Å². The maximum absolute atomic E-state index is 10.2. The molecular formula is C8H14O8. The van der Waals surface area contributed by atoms with E-state index in [-0.39, 0.29) is 0 Å². The number of rotatable bonds is 4. The van der Waals surface area contributed by atoms with Crippen LogP contribution in [0.25, 0.3) is 0 Å². The number of carbonyl (C=O) groups is 1. The van der Waals surface area contributed by atoms with Crippen molar-refractivity contribution in [3.63, 3.8) is 0 Å². The molecule has 16 heavy (non-hydrogen) atoms. The first-order chi connectivity index (χ1) is 7.47. The molecule has 1 rings (SSSR count). The monoisotopic (exact) mass is 238 g/mol. The minimum absolute atomic E-state index is 0.582. The van der Waals surface area contributed by atoms with Crippen LogP contribution < -0.4 is 0 Å². The quantitative estimate of drug-likeness (QED) is 0.347. The lowest BCUT2D eigenvalue weighted by Gasteiger charge is -2.39. The summed E-state index contributed by atoms with van der Waals surface area (Å²) in [7, 11) is 0. The van der Waals surface area contributed by atoms with Crippen LogP contribution in [0.1, 0.15) is 0 Å². The van der Waals surface area contributed by atoms with Crippen molar-refractivity contribution >= 4 is 5.97 Å². The molecule has 0 aliphatic carbocycles. The van der Waals surface area contributed by atoms with Gasteiger partial charge in [0.2, 0.25) is 0 Å². The highest BCUT2D eigenvalue weighted by Crippen LogP contribution is 2.21. The molecular weight excluding hydrogens is 224 g/mol. The molecule has 5 atom stereocenters. The molecule has 0 radical (unpaired) electrons. The topological polar surface area (TPSA) is 137 Å². The summed E-state index contributed by atoms with van der Waals surface area (Å²) in [5.74, 6) is -1.28. The van der Waals surface area contributed by atoms with Crippen molar-refractivity contribution in [3.8, 4) is 0 Å². The van der Waals surface area contributed by atoms with Crippen LogP contribution in [0.2, 0.25) is 0 Å². The highest BCUT2D eigenvalue weighted by molar-refractivity contribution is 5.68. The molecule has 1 aliphatic rings. The summed E-state index contributed by atoms with van der Waals surface area (Å²) < 4.78 is 9.41. The van der Waals surface area contributed by atoms with Crippen LogP contribution in [0.4, 0.5) is 0 Å². The number of ether oxygens (including phenoxy) is 2. The van der Waals surface area contributed by atoms with Crippen LogP contribution in [0.3, 0.4) is 0 Å². The number of carboxylic acids is 1. The zero-order valence-corrected chi connectivity index (χ0v) is 8.26. The van der Waals surface area contributed by atoms with E-state index in [0.717, 1.165) is 0 Å². The highest BCUT2D eigenvalue weighted by Gasteiger charge is 2.44. The second-order valence-corrected chi connectivity index (χ2v) is 3.40. The van der Waals surface area contributed by atoms with Gasteiger partial charge in [-0.25, -0.2) is 4.79 Å². The van der Waals surface area contributed by atoms with Gasteiger partial charge in [0, 0.05) is 0 Å². The Kier molecular flexibility index (Phi) is 4.59. The second kappa shape index (κ2) is 5.53. The van der Waals surface area contributed by atoms with Gasteiger partial charge in [-0.2, -0.15) is 0 Å². The molecule has 94 valence electrons. The van der Waals surface area contributed by atoms with Crippen LogP contribution >= 0.6 is 0 Å². The minimum atomic E-state index is -1.60. The number of hydrogen-bond donors (Lipinski definition) is 5. The Labute approximate surface area is 90.6 Å². The molecule has 1 fully saturated rings. The molecule has 0 unspecified atom stereocenters. The van der Waals surface area contributed by atoms with Crippen LogP contribution in [-0.4, -0.2) is 75.4 Å². The average molecular weight is 238 g/mol. The van der Waals surface area contributed by atoms with E-state index in [2.05, 4.69) is 4.74 Å². The number of hydrogen-bond acceptors (Lipinski definition) is 7. The maximum atomic E-state index is 10.2. The third kappa shape index (κ3) is 2.88. The summed E-state index contributed by atoms with van der Waals surface area (Å²) in [6.07, 6.45) is -7.08. The van der Waals surface area contributed by atoms with Crippen molar-refractivity contribution in [3.05, 3.63) is 0 Å². The SMILES string of the molecule is O=C(O)CO[C@@H]1[C@@H](O)[C@H](O)[C@@H](CO)O[C@H]1O. The van der Waals surface area contributed by atoms with Crippen molar-refractivity contribution in [2.24, 2.45) is 0 Å². The van der Waals surface area contributed by atoms with Crippen LogP contribution in [0.15, 0.2) is 0 Å². The van der Waals surface area contributed by atoms with E-state index in [9.17, 15) is 20.1 Å². The molecule has 1 saturated heterocycles. The van der Waals surface area contributed by atoms with E-state index in [4.69, 9.17) is 14.9 Å². The van der Waals surface area contributed by atoms with Crippen LogP contribution in [0, 0.1) is 0 Å². The smallest absolute Gasteiger partial charge is 0.329 e. The standard InChI is InChI=1S/C8H14O8/c9-1-3-5(12)6(13)7(8(14)16-3)15-2-4(10)11/h3,5-9,12-14H,1-2H2,(H,10,11)/t3-,5-,6+,7-,8-/m1/s1. The lowest BCUT2D eigenvalue weighted by molar-refractivity contribution is -0.295. The van der Waals surface area contributed by atoms with Gasteiger partial charge in [0.25, 0.3) is 0 Å². The minimum Gasteiger partial charge on any atom is -0.480 e. The normalized spacial score (nSPS) is 39.6. The number of aliphatic carboxylic acids is 1. The van der Waals surface area contributed by atoms with E-state index in [1.165, 1.54) is 0 Å². The summed E-state index contributed by atoms with van der Waals surface area (Å²) in [5.41, 5.74) is 0. The van der Waals surface area contributed by atoms with Gasteiger partial charge in [0.05, 0.1) is 6.61 Å². The Morgan fingerprint density at radius 2 is 1.88 bits per heavy atom. The molecule has 0 saturated carbocycles. The molecule has 5 N–H and O–H groups in total. The van der Waals surface area contributed by atoms with E-state index in [0.29, 0.717) is 0 Å². The number of aliphatic hydroxyl groups is 4. The third-order valence-corrected chi connectivity index (χ3v) is 2.24. The molecule has 0 aromatic heterocycles. The molecule has 0 spiro atoms. The second-order valence-electron chi connectivity index (χ2n) is 3.40. The molecule has 0 bridgehead atoms. The van der Waals surface area contributed by atoms with E-state index < -0.39 is 49.9 Å². The van der Waals surface area contributed by atoms with E-state index >= 15 is 0 Å². The molecule has 0 amide bonds. The maximum Gasteiger partial charge on any atom is 0.329 e. The first-order valence-corrected chi connectivity index (χ1v) is 4.61. The molecule has 0 aromatic carbocycles. The van der Waals surface area contributed by atoms with Crippen molar-refractivity contribution in [2.75, 3.05) is 13.2 Å². The predicted octanol–water partition coefficient (Wildman–Crippen LogP) is -3.11. The van der Waals surface area contributed by atoms with Gasteiger partial charge in [-0.05, 0) is 0 Å². The van der Waals surface area contributed by atoms with Crippen molar-refractivity contribution in [1.29, 1.82) is 0 Å². The summed E-state index contributed by atoms with van der Waals surface area (Å²) in [5, 5.41) is 45.4. The molecule has 1 heterocycles. The lowest BCUT2D eigenvalue weighted by atomic mass is 9.99. The highest BCUT2D eigenvalue weighted by atomic mass is 16.7. The Hall–Kier alpha value is -0.770. The molecule has 8 nitrogen and oxygen atoms in total. The fourth-order valence-corrected chi connectivity index (χ4v) is 1.42. The zero-order valence-electron chi connectivity index (χ0n) is 8.26. The Morgan fingerprint density at radius 3 is 2.38 bits per heavy atom. The molecule has 8 heteroatoms. The van der Waals surface area contributed by atoms with Crippen molar-refractivity contribution in [1.82, 2.24) is 0 Å². The van der Waals surface area contributed by atoms with Gasteiger partial charge in [-0.1, -0.05) is 0 Å². The number of aliphatic hydroxyl groups excluding tert-OH is 4. The number of carboxylic acid groups (broad SMARTS) is 1. The summed E-state index contributed by atoms with van der Waals surface area (Å²) >= 11 is 0. The van der Waals surface area contributed by atoms with Crippen molar-refractivity contribution in [2.45, 2.75) is 30.7 Å². The van der Waals surface area contributed by atoms with E-state index in [1.807, 2.05) is 0 Å². The van der Waals surface area contributed by atoms with Crippen LogP contribution in [0.5, 0.6) is 0 Å². The predicted molar refractivity (Wildman–Crippen MR) is 47.4 cm³/mol.